The first-order valence-electron chi connectivity index (χ1n) is 8.86. The number of benzene rings is 2. The fraction of sp³-hybridized carbons (Fsp3) is 0.273. The highest BCUT2D eigenvalue weighted by atomic mass is 32.1. The maximum Gasteiger partial charge on any atom is 0.193 e. The molecule has 1 aliphatic rings. The van der Waals surface area contributed by atoms with Crippen molar-refractivity contribution in [2.45, 2.75) is 13.2 Å². The molecule has 0 saturated carbocycles. The second-order valence-corrected chi connectivity index (χ2v) is 7.38. The molecule has 5 heteroatoms. The van der Waals surface area contributed by atoms with Gasteiger partial charge >= 0.3 is 0 Å². The normalized spacial score (nSPS) is 14.5. The van der Waals surface area contributed by atoms with Crippen molar-refractivity contribution in [3.8, 4) is 33.1 Å². The Bertz CT molecular complexity index is 924. The van der Waals surface area contributed by atoms with Crippen LogP contribution in [-0.2, 0) is 9.47 Å². The first-order valence-corrected chi connectivity index (χ1v) is 9.68. The number of hydrogen-bond acceptors (Lipinski definition) is 5. The van der Waals surface area contributed by atoms with E-state index in [0.29, 0.717) is 13.2 Å². The molecule has 2 heterocycles. The predicted octanol–water partition coefficient (Wildman–Crippen LogP) is 5.45. The van der Waals surface area contributed by atoms with Gasteiger partial charge in [-0.1, -0.05) is 12.1 Å². The van der Waals surface area contributed by atoms with Crippen molar-refractivity contribution in [3.63, 3.8) is 0 Å². The molecule has 1 saturated heterocycles. The van der Waals surface area contributed by atoms with E-state index < -0.39 is 0 Å². The summed E-state index contributed by atoms with van der Waals surface area (Å²) in [6, 6.07) is 16.3. The van der Waals surface area contributed by atoms with Crippen LogP contribution in [0.5, 0.6) is 11.5 Å². The summed E-state index contributed by atoms with van der Waals surface area (Å²) in [5.41, 5.74) is 4.65. The molecule has 0 bridgehead atoms. The number of thiophene rings is 1. The van der Waals surface area contributed by atoms with Crippen molar-refractivity contribution >= 4 is 11.3 Å². The monoisotopic (exact) mass is 382 g/mol. The van der Waals surface area contributed by atoms with E-state index in [-0.39, 0.29) is 6.29 Å². The molecular weight excluding hydrogens is 360 g/mol. The van der Waals surface area contributed by atoms with E-state index in [4.69, 9.17) is 18.9 Å². The second-order valence-electron chi connectivity index (χ2n) is 6.33. The first kappa shape index (κ1) is 18.0. The van der Waals surface area contributed by atoms with Crippen LogP contribution in [0.3, 0.4) is 0 Å². The van der Waals surface area contributed by atoms with E-state index in [1.54, 1.807) is 25.6 Å². The smallest absolute Gasteiger partial charge is 0.193 e. The van der Waals surface area contributed by atoms with Gasteiger partial charge in [-0.2, -0.15) is 0 Å². The minimum Gasteiger partial charge on any atom is -0.497 e. The van der Waals surface area contributed by atoms with Crippen molar-refractivity contribution < 1.29 is 18.9 Å². The number of hydrogen-bond donors (Lipinski definition) is 0. The zero-order chi connectivity index (χ0) is 18.8. The lowest BCUT2D eigenvalue weighted by Crippen LogP contribution is -1.97. The van der Waals surface area contributed by atoms with Gasteiger partial charge in [-0.05, 0) is 60.0 Å². The molecule has 1 fully saturated rings. The van der Waals surface area contributed by atoms with Crippen LogP contribution in [0.15, 0.2) is 48.5 Å². The third-order valence-corrected chi connectivity index (χ3v) is 6.08. The summed E-state index contributed by atoms with van der Waals surface area (Å²) in [4.78, 5) is 2.31. The van der Waals surface area contributed by atoms with Crippen LogP contribution >= 0.6 is 11.3 Å². The zero-order valence-corrected chi connectivity index (χ0v) is 16.5. The Kier molecular flexibility index (Phi) is 5.16. The van der Waals surface area contributed by atoms with Crippen LogP contribution in [0, 0.1) is 6.92 Å². The summed E-state index contributed by atoms with van der Waals surface area (Å²) in [7, 11) is 3.37. The average Bonchev–Trinajstić information content (AvgIpc) is 3.36. The molecule has 1 aromatic heterocycles. The first-order chi connectivity index (χ1) is 13.2. The fourth-order valence-corrected chi connectivity index (χ4v) is 4.70. The van der Waals surface area contributed by atoms with E-state index in [2.05, 4.69) is 31.2 Å². The van der Waals surface area contributed by atoms with Crippen LogP contribution in [-0.4, -0.2) is 27.4 Å². The van der Waals surface area contributed by atoms with E-state index in [1.165, 1.54) is 10.4 Å². The Morgan fingerprint density at radius 1 is 0.889 bits per heavy atom. The van der Waals surface area contributed by atoms with Gasteiger partial charge in [0.2, 0.25) is 0 Å². The Morgan fingerprint density at radius 2 is 1.59 bits per heavy atom. The Hall–Kier alpha value is -2.34. The molecule has 0 atom stereocenters. The molecule has 2 aromatic carbocycles. The van der Waals surface area contributed by atoms with Crippen LogP contribution < -0.4 is 9.47 Å². The fourth-order valence-electron chi connectivity index (χ4n) is 3.37. The van der Waals surface area contributed by atoms with Crippen LogP contribution in [0.2, 0.25) is 0 Å². The van der Waals surface area contributed by atoms with Crippen LogP contribution in [0.25, 0.3) is 21.6 Å². The minimum absolute atomic E-state index is 0.318. The van der Waals surface area contributed by atoms with Gasteiger partial charge in [0.05, 0.1) is 32.3 Å². The summed E-state index contributed by atoms with van der Waals surface area (Å²) in [6.45, 7) is 3.40. The largest absolute Gasteiger partial charge is 0.497 e. The van der Waals surface area contributed by atoms with Crippen molar-refractivity contribution in [2.24, 2.45) is 0 Å². The molecule has 4 rings (SSSR count). The Morgan fingerprint density at radius 3 is 2.26 bits per heavy atom. The molecular formula is C22H22O4S. The average molecular weight is 382 g/mol. The molecule has 3 aromatic rings. The van der Waals surface area contributed by atoms with Gasteiger partial charge in [0.25, 0.3) is 0 Å². The molecule has 0 amide bonds. The van der Waals surface area contributed by atoms with E-state index in [0.717, 1.165) is 33.1 Å². The van der Waals surface area contributed by atoms with Crippen molar-refractivity contribution in [1.29, 1.82) is 0 Å². The summed E-state index contributed by atoms with van der Waals surface area (Å²) in [5, 5.41) is 0. The van der Waals surface area contributed by atoms with E-state index in [9.17, 15) is 0 Å². The van der Waals surface area contributed by atoms with Gasteiger partial charge in [0.1, 0.15) is 11.5 Å². The molecule has 0 unspecified atom stereocenters. The van der Waals surface area contributed by atoms with Gasteiger partial charge in [-0.25, -0.2) is 0 Å². The maximum atomic E-state index is 5.84. The maximum absolute atomic E-state index is 5.84. The van der Waals surface area contributed by atoms with Gasteiger partial charge in [0, 0.05) is 10.4 Å². The molecule has 4 nitrogen and oxygen atoms in total. The lowest BCUT2D eigenvalue weighted by atomic mass is 9.98. The third-order valence-electron chi connectivity index (χ3n) is 4.72. The molecule has 1 aliphatic heterocycles. The highest BCUT2D eigenvalue weighted by Crippen LogP contribution is 2.47. The number of rotatable bonds is 5. The predicted molar refractivity (Wildman–Crippen MR) is 108 cm³/mol. The lowest BCUT2D eigenvalue weighted by molar-refractivity contribution is -0.0409. The topological polar surface area (TPSA) is 36.9 Å². The molecule has 0 aliphatic carbocycles. The van der Waals surface area contributed by atoms with Crippen LogP contribution in [0.4, 0.5) is 0 Å². The third kappa shape index (κ3) is 3.46. The lowest BCUT2D eigenvalue weighted by Gasteiger charge is -2.12. The summed E-state index contributed by atoms with van der Waals surface area (Å²) < 4.78 is 22.4. The summed E-state index contributed by atoms with van der Waals surface area (Å²) in [6.07, 6.45) is -0.318. The van der Waals surface area contributed by atoms with Crippen molar-refractivity contribution in [1.82, 2.24) is 0 Å². The van der Waals surface area contributed by atoms with Crippen LogP contribution in [0.1, 0.15) is 16.7 Å². The molecule has 27 heavy (non-hydrogen) atoms. The standard InChI is InChI=1S/C22H22O4S/c1-14-19(16-5-4-6-18(13-16)24-3)21(22-25-11-12-26-22)27-20(14)15-7-9-17(23-2)10-8-15/h4-10,13,22H,11-12H2,1-3H3. The highest BCUT2D eigenvalue weighted by Gasteiger charge is 2.28. The number of ether oxygens (including phenoxy) is 4. The molecule has 140 valence electrons. The number of methoxy groups -OCH3 is 2. The second kappa shape index (κ2) is 7.72. The quantitative estimate of drug-likeness (QED) is 0.588. The van der Waals surface area contributed by atoms with Gasteiger partial charge in [-0.3, -0.25) is 0 Å². The minimum atomic E-state index is -0.318. The molecule has 0 radical (unpaired) electrons. The van der Waals surface area contributed by atoms with E-state index in [1.807, 2.05) is 24.3 Å². The van der Waals surface area contributed by atoms with E-state index >= 15 is 0 Å². The van der Waals surface area contributed by atoms with Gasteiger partial charge < -0.3 is 18.9 Å². The van der Waals surface area contributed by atoms with Crippen molar-refractivity contribution in [3.05, 3.63) is 59.0 Å². The molecule has 0 N–H and O–H groups in total. The van der Waals surface area contributed by atoms with Crippen molar-refractivity contribution in [2.75, 3.05) is 27.4 Å². The Labute approximate surface area is 163 Å². The van der Waals surface area contributed by atoms with Gasteiger partial charge in [-0.15, -0.1) is 11.3 Å². The summed E-state index contributed by atoms with van der Waals surface area (Å²) in [5.74, 6) is 1.69. The Balaban J connectivity index is 1.86. The summed E-state index contributed by atoms with van der Waals surface area (Å²) >= 11 is 1.73. The zero-order valence-electron chi connectivity index (χ0n) is 15.7. The highest BCUT2D eigenvalue weighted by molar-refractivity contribution is 7.16. The molecule has 0 spiro atoms. The van der Waals surface area contributed by atoms with Gasteiger partial charge in [0.15, 0.2) is 6.29 Å². The SMILES string of the molecule is COc1ccc(-c2sc(C3OCCO3)c(-c3cccc(OC)c3)c2C)cc1.